The van der Waals surface area contributed by atoms with Gasteiger partial charge < -0.3 is 9.80 Å². The summed E-state index contributed by atoms with van der Waals surface area (Å²) in [4.78, 5) is 30.9. The Morgan fingerprint density at radius 2 is 2.00 bits per heavy atom. The second kappa shape index (κ2) is 6.32. The molecule has 2 atom stereocenters. The van der Waals surface area contributed by atoms with Gasteiger partial charge in [-0.1, -0.05) is 12.1 Å². The number of nitrogens with zero attached hydrogens (tertiary/aromatic N) is 5. The molecule has 3 aromatic rings. The number of para-hydroxylation sites is 2. The second-order valence-electron chi connectivity index (χ2n) is 7.00. The fraction of sp³-hybridized carbons (Fsp3) is 0.368. The Kier molecular flexibility index (Phi) is 3.81. The van der Waals surface area contributed by atoms with Crippen LogP contribution in [0.25, 0.3) is 11.0 Å². The van der Waals surface area contributed by atoms with Crippen LogP contribution in [0, 0.1) is 5.92 Å². The first-order chi connectivity index (χ1) is 12.8. The quantitative estimate of drug-likeness (QED) is 0.714. The van der Waals surface area contributed by atoms with E-state index in [1.54, 1.807) is 11.3 Å². The van der Waals surface area contributed by atoms with E-state index in [9.17, 15) is 4.79 Å². The van der Waals surface area contributed by atoms with Gasteiger partial charge in [0.15, 0.2) is 0 Å². The number of carbonyl (C=O) groups is 1. The smallest absolute Gasteiger partial charge is 0.228 e. The number of aromatic nitrogens is 3. The predicted molar refractivity (Wildman–Crippen MR) is 101 cm³/mol. The zero-order valence-corrected chi connectivity index (χ0v) is 15.1. The highest BCUT2D eigenvalue weighted by Gasteiger charge is 2.41. The Labute approximate surface area is 155 Å². The lowest BCUT2D eigenvalue weighted by molar-refractivity contribution is -0.140. The molecule has 0 radical (unpaired) electrons. The van der Waals surface area contributed by atoms with Gasteiger partial charge in [0.2, 0.25) is 5.91 Å². The van der Waals surface area contributed by atoms with E-state index in [1.807, 2.05) is 46.3 Å². The van der Waals surface area contributed by atoms with Crippen LogP contribution in [-0.2, 0) is 11.3 Å². The van der Waals surface area contributed by atoms with Gasteiger partial charge in [-0.05, 0) is 25.0 Å². The van der Waals surface area contributed by atoms with Crippen molar-refractivity contribution in [2.45, 2.75) is 25.4 Å². The van der Waals surface area contributed by atoms with Crippen LogP contribution in [0.2, 0.25) is 0 Å². The molecule has 1 amide bonds. The van der Waals surface area contributed by atoms with E-state index >= 15 is 0 Å². The van der Waals surface area contributed by atoms with E-state index in [0.717, 1.165) is 48.5 Å². The van der Waals surface area contributed by atoms with Crippen LogP contribution in [0.3, 0.4) is 0 Å². The number of piperidine rings is 1. The van der Waals surface area contributed by atoms with Crippen molar-refractivity contribution in [2.24, 2.45) is 5.92 Å². The van der Waals surface area contributed by atoms with Crippen molar-refractivity contribution in [3.63, 3.8) is 0 Å². The highest BCUT2D eigenvalue weighted by Crippen LogP contribution is 2.32. The van der Waals surface area contributed by atoms with Gasteiger partial charge in [-0.15, -0.1) is 11.3 Å². The molecule has 2 unspecified atom stereocenters. The fourth-order valence-electron chi connectivity index (χ4n) is 4.03. The first-order valence-corrected chi connectivity index (χ1v) is 9.86. The Hall–Kier alpha value is -2.54. The average Bonchev–Trinajstić information content (AvgIpc) is 3.04. The predicted octanol–water partition coefficient (Wildman–Crippen LogP) is 2.71. The lowest BCUT2D eigenvalue weighted by atomic mass is 9.94. The summed E-state index contributed by atoms with van der Waals surface area (Å²) in [5.41, 5.74) is 4.60. The summed E-state index contributed by atoms with van der Waals surface area (Å²) in [5.74, 6) is 1.15. The molecule has 0 saturated carbocycles. The van der Waals surface area contributed by atoms with Gasteiger partial charge in [0.1, 0.15) is 5.82 Å². The number of fused-ring (bicyclic) bond motifs is 5. The largest absolute Gasteiger partial charge is 0.352 e. The van der Waals surface area contributed by atoms with E-state index in [4.69, 9.17) is 4.98 Å². The molecule has 5 heterocycles. The van der Waals surface area contributed by atoms with Crippen molar-refractivity contribution in [2.75, 3.05) is 18.0 Å². The summed E-state index contributed by atoms with van der Waals surface area (Å²) < 4.78 is 0. The van der Waals surface area contributed by atoms with Crippen LogP contribution in [0.5, 0.6) is 0 Å². The molecule has 3 aliphatic rings. The van der Waals surface area contributed by atoms with Crippen LogP contribution in [0.4, 0.5) is 5.82 Å². The van der Waals surface area contributed by atoms with Gasteiger partial charge in [-0.25, -0.2) is 9.97 Å². The Bertz CT molecular complexity index is 944. The molecule has 132 valence electrons. The lowest BCUT2D eigenvalue weighted by Crippen LogP contribution is -2.47. The third kappa shape index (κ3) is 2.72. The first-order valence-electron chi connectivity index (χ1n) is 8.92. The van der Waals surface area contributed by atoms with Crippen molar-refractivity contribution in [3.05, 3.63) is 47.0 Å². The first kappa shape index (κ1) is 15.7. The number of benzene rings is 1. The van der Waals surface area contributed by atoms with Gasteiger partial charge in [-0.2, -0.15) is 0 Å². The Morgan fingerprint density at radius 1 is 1.12 bits per heavy atom. The number of amides is 1. The van der Waals surface area contributed by atoms with Crippen molar-refractivity contribution in [1.82, 2.24) is 19.9 Å². The average molecular weight is 365 g/mol. The van der Waals surface area contributed by atoms with Crippen LogP contribution in [-0.4, -0.2) is 44.9 Å². The summed E-state index contributed by atoms with van der Waals surface area (Å²) >= 11 is 1.58. The molecule has 6 rings (SSSR count). The number of anilines is 1. The van der Waals surface area contributed by atoms with Crippen LogP contribution in [0.15, 0.2) is 41.4 Å². The molecule has 2 bridgehead atoms. The molecule has 0 spiro atoms. The van der Waals surface area contributed by atoms with Gasteiger partial charge in [0, 0.05) is 24.5 Å². The standard InChI is InChI=1S/C19H19N5OS/c25-19-13-5-6-15(24(19)9-14-11-26-12-21-14)10-23(8-13)18-7-20-16-3-1-2-4-17(16)22-18/h1-4,7,11-13,15H,5-6,8-10H2. The Balaban J connectivity index is 1.44. The van der Waals surface area contributed by atoms with E-state index in [-0.39, 0.29) is 17.9 Å². The minimum Gasteiger partial charge on any atom is -0.352 e. The number of thiazole rings is 1. The Morgan fingerprint density at radius 3 is 2.85 bits per heavy atom. The topological polar surface area (TPSA) is 62.2 Å². The van der Waals surface area contributed by atoms with Crippen LogP contribution in [0.1, 0.15) is 18.5 Å². The summed E-state index contributed by atoms with van der Waals surface area (Å²) in [7, 11) is 0. The number of rotatable bonds is 3. The van der Waals surface area contributed by atoms with Crippen molar-refractivity contribution in [1.29, 1.82) is 0 Å². The van der Waals surface area contributed by atoms with E-state index in [1.165, 1.54) is 0 Å². The molecule has 3 fully saturated rings. The minimum atomic E-state index is 0.0284. The van der Waals surface area contributed by atoms with Crippen LogP contribution < -0.4 is 4.90 Å². The van der Waals surface area contributed by atoms with Gasteiger partial charge in [0.25, 0.3) is 0 Å². The lowest BCUT2D eigenvalue weighted by Gasteiger charge is -2.35. The molecule has 1 aromatic carbocycles. The minimum absolute atomic E-state index is 0.0284. The van der Waals surface area contributed by atoms with Gasteiger partial charge >= 0.3 is 0 Å². The second-order valence-corrected chi connectivity index (χ2v) is 7.71. The molecular formula is C19H19N5OS. The SMILES string of the molecule is O=C1C2CCC(CN(c3cnc4ccccc4n3)C2)N1Cc1cscn1. The molecule has 6 nitrogen and oxygen atoms in total. The zero-order chi connectivity index (χ0) is 17.5. The summed E-state index contributed by atoms with van der Waals surface area (Å²) in [5, 5.41) is 2.03. The maximum absolute atomic E-state index is 13.0. The van der Waals surface area contributed by atoms with E-state index in [2.05, 4.69) is 14.9 Å². The van der Waals surface area contributed by atoms with E-state index < -0.39 is 0 Å². The third-order valence-corrected chi connectivity index (χ3v) is 6.00. The third-order valence-electron chi connectivity index (χ3n) is 5.37. The van der Waals surface area contributed by atoms with Crippen molar-refractivity contribution >= 4 is 34.1 Å². The summed E-state index contributed by atoms with van der Waals surface area (Å²) in [6.07, 6.45) is 3.83. The summed E-state index contributed by atoms with van der Waals surface area (Å²) in [6.45, 7) is 2.13. The monoisotopic (exact) mass is 365 g/mol. The molecule has 0 aliphatic carbocycles. The van der Waals surface area contributed by atoms with E-state index in [0.29, 0.717) is 6.54 Å². The van der Waals surface area contributed by atoms with Gasteiger partial charge in [0.05, 0.1) is 40.9 Å². The van der Waals surface area contributed by atoms with Gasteiger partial charge in [-0.3, -0.25) is 9.78 Å². The zero-order valence-electron chi connectivity index (χ0n) is 14.3. The maximum atomic E-state index is 13.0. The highest BCUT2D eigenvalue weighted by molar-refractivity contribution is 7.07. The van der Waals surface area contributed by atoms with Crippen LogP contribution >= 0.6 is 11.3 Å². The van der Waals surface area contributed by atoms with Crippen molar-refractivity contribution < 1.29 is 4.79 Å². The van der Waals surface area contributed by atoms with Crippen molar-refractivity contribution in [3.8, 4) is 0 Å². The molecule has 2 aromatic heterocycles. The molecule has 3 aliphatic heterocycles. The number of hydrogen-bond acceptors (Lipinski definition) is 6. The molecule has 26 heavy (non-hydrogen) atoms. The number of hydrogen-bond donors (Lipinski definition) is 0. The molecule has 7 heteroatoms. The fourth-order valence-corrected chi connectivity index (χ4v) is 4.58. The molecule has 3 saturated heterocycles. The molecule has 0 N–H and O–H groups in total. The number of carbonyl (C=O) groups excluding carboxylic acids is 1. The normalized spacial score (nSPS) is 22.8. The molecular weight excluding hydrogens is 346 g/mol. The maximum Gasteiger partial charge on any atom is 0.228 e. The summed E-state index contributed by atoms with van der Waals surface area (Å²) in [6, 6.07) is 8.11. The highest BCUT2D eigenvalue weighted by atomic mass is 32.1.